The van der Waals surface area contributed by atoms with Crippen LogP contribution >= 0.6 is 0 Å². The maximum absolute atomic E-state index is 13.8. The number of fused-ring (bicyclic) bond motifs is 1. The summed E-state index contributed by atoms with van der Waals surface area (Å²) >= 11 is 0. The molecule has 4 aromatic rings. The summed E-state index contributed by atoms with van der Waals surface area (Å²) in [6.07, 6.45) is 3.49. The van der Waals surface area contributed by atoms with Crippen molar-refractivity contribution >= 4 is 16.8 Å². The Morgan fingerprint density at radius 3 is 2.59 bits per heavy atom. The van der Waals surface area contributed by atoms with Gasteiger partial charge in [-0.1, -0.05) is 18.2 Å². The summed E-state index contributed by atoms with van der Waals surface area (Å²) in [5.74, 6) is -0.454. The van der Waals surface area contributed by atoms with E-state index in [1.54, 1.807) is 18.3 Å². The van der Waals surface area contributed by atoms with Gasteiger partial charge in [0.1, 0.15) is 11.6 Å². The molecule has 1 fully saturated rings. The second-order valence-electron chi connectivity index (χ2n) is 9.32. The molecule has 1 aliphatic rings. The first-order chi connectivity index (χ1) is 17.8. The Kier molecular flexibility index (Phi) is 6.86. The van der Waals surface area contributed by atoms with Crippen LogP contribution in [0.15, 0.2) is 67.1 Å². The Balaban J connectivity index is 1.22. The number of carbonyl (C=O) groups is 1. The first-order valence-electron chi connectivity index (χ1n) is 12.1. The number of benzene rings is 2. The van der Waals surface area contributed by atoms with E-state index in [4.69, 9.17) is 0 Å². The SMILES string of the molecule is O=C(NCC1CCC(c2ccnc3ccc(F)cc23)CC1)c1c[nH]cc1-c1ccccc1OC(F)(F)F. The summed E-state index contributed by atoms with van der Waals surface area (Å²) in [5.41, 5.74) is 2.63. The lowest BCUT2D eigenvalue weighted by molar-refractivity contribution is -0.274. The lowest BCUT2D eigenvalue weighted by atomic mass is 9.78. The van der Waals surface area contributed by atoms with Crippen molar-refractivity contribution in [2.24, 2.45) is 5.92 Å². The Morgan fingerprint density at radius 2 is 1.81 bits per heavy atom. The molecule has 2 aromatic carbocycles. The van der Waals surface area contributed by atoms with Gasteiger partial charge in [-0.25, -0.2) is 4.39 Å². The fourth-order valence-corrected chi connectivity index (χ4v) is 5.18. The van der Waals surface area contributed by atoms with Crippen molar-refractivity contribution in [3.63, 3.8) is 0 Å². The minimum Gasteiger partial charge on any atom is -0.405 e. The van der Waals surface area contributed by atoms with E-state index in [0.29, 0.717) is 18.0 Å². The number of para-hydroxylation sites is 1. The van der Waals surface area contributed by atoms with Crippen molar-refractivity contribution in [3.05, 3.63) is 84.1 Å². The van der Waals surface area contributed by atoms with Crippen LogP contribution < -0.4 is 10.1 Å². The van der Waals surface area contributed by atoms with Gasteiger partial charge >= 0.3 is 6.36 Å². The Labute approximate surface area is 210 Å². The third-order valence-electron chi connectivity index (χ3n) is 6.97. The number of hydrogen-bond donors (Lipinski definition) is 2. The van der Waals surface area contributed by atoms with Gasteiger partial charge in [0.15, 0.2) is 0 Å². The molecule has 2 heterocycles. The predicted octanol–water partition coefficient (Wildman–Crippen LogP) is 6.97. The van der Waals surface area contributed by atoms with E-state index in [0.717, 1.165) is 42.1 Å². The second kappa shape index (κ2) is 10.2. The third-order valence-corrected chi connectivity index (χ3v) is 6.97. The zero-order valence-electron chi connectivity index (χ0n) is 19.8. The summed E-state index contributed by atoms with van der Waals surface area (Å²) in [6.45, 7) is 0.461. The maximum atomic E-state index is 13.8. The maximum Gasteiger partial charge on any atom is 0.573 e. The van der Waals surface area contributed by atoms with Crippen LogP contribution in [-0.4, -0.2) is 28.8 Å². The lowest BCUT2D eigenvalue weighted by Crippen LogP contribution is -2.31. The van der Waals surface area contributed by atoms with Gasteiger partial charge in [0.25, 0.3) is 5.91 Å². The van der Waals surface area contributed by atoms with Gasteiger partial charge in [-0.2, -0.15) is 0 Å². The van der Waals surface area contributed by atoms with Crippen molar-refractivity contribution in [2.45, 2.75) is 38.0 Å². The number of aromatic amines is 1. The molecule has 37 heavy (non-hydrogen) atoms. The van der Waals surface area contributed by atoms with Crippen LogP contribution in [0.3, 0.4) is 0 Å². The molecule has 0 spiro atoms. The number of hydrogen-bond acceptors (Lipinski definition) is 3. The second-order valence-corrected chi connectivity index (χ2v) is 9.32. The minimum absolute atomic E-state index is 0.174. The van der Waals surface area contributed by atoms with Crippen LogP contribution in [0.1, 0.15) is 47.5 Å². The highest BCUT2D eigenvalue weighted by Crippen LogP contribution is 2.39. The van der Waals surface area contributed by atoms with E-state index >= 15 is 0 Å². The molecule has 5 rings (SSSR count). The molecule has 9 heteroatoms. The van der Waals surface area contributed by atoms with E-state index in [1.807, 2.05) is 6.07 Å². The van der Waals surface area contributed by atoms with Gasteiger partial charge in [-0.15, -0.1) is 13.2 Å². The first kappa shape index (κ1) is 24.8. The summed E-state index contributed by atoms with van der Waals surface area (Å²) < 4.78 is 56.5. The van der Waals surface area contributed by atoms with Crippen LogP contribution in [0.25, 0.3) is 22.0 Å². The van der Waals surface area contributed by atoms with Gasteiger partial charge in [0.05, 0.1) is 11.1 Å². The van der Waals surface area contributed by atoms with Crippen LogP contribution in [0.2, 0.25) is 0 Å². The van der Waals surface area contributed by atoms with Crippen molar-refractivity contribution < 1.29 is 27.1 Å². The molecule has 1 saturated carbocycles. The number of nitrogens with one attached hydrogen (secondary N) is 2. The van der Waals surface area contributed by atoms with Crippen LogP contribution in [-0.2, 0) is 0 Å². The molecule has 0 atom stereocenters. The molecule has 2 N–H and O–H groups in total. The third kappa shape index (κ3) is 5.60. The van der Waals surface area contributed by atoms with E-state index in [9.17, 15) is 22.4 Å². The highest BCUT2D eigenvalue weighted by molar-refractivity contribution is 6.01. The number of pyridine rings is 1. The number of ether oxygens (including phenoxy) is 1. The average molecular weight is 512 g/mol. The average Bonchev–Trinajstić information content (AvgIpc) is 3.36. The zero-order chi connectivity index (χ0) is 26.0. The Hall–Kier alpha value is -3.88. The smallest absolute Gasteiger partial charge is 0.405 e. The number of carbonyl (C=O) groups excluding carboxylic acids is 1. The van der Waals surface area contributed by atoms with Gasteiger partial charge < -0.3 is 15.0 Å². The van der Waals surface area contributed by atoms with Gasteiger partial charge in [0.2, 0.25) is 0 Å². The number of aromatic nitrogens is 2. The van der Waals surface area contributed by atoms with E-state index in [-0.39, 0.29) is 34.5 Å². The molecular formula is C28H25F4N3O2. The van der Waals surface area contributed by atoms with Gasteiger partial charge in [-0.3, -0.25) is 9.78 Å². The predicted molar refractivity (Wildman–Crippen MR) is 132 cm³/mol. The summed E-state index contributed by atoms with van der Waals surface area (Å²) in [5, 5.41) is 3.78. The van der Waals surface area contributed by atoms with Crippen molar-refractivity contribution in [3.8, 4) is 16.9 Å². The largest absolute Gasteiger partial charge is 0.573 e. The quantitative estimate of drug-likeness (QED) is 0.275. The molecule has 0 unspecified atom stereocenters. The molecule has 192 valence electrons. The molecule has 1 amide bonds. The standard InChI is InChI=1S/C28H25F4N3O2/c29-19-9-10-25-22(13-19)20(11-12-34-25)18-7-5-17(6-8-18)14-35-27(36)24-16-33-15-23(24)21-3-1-2-4-26(21)37-28(30,31)32/h1-4,9-13,15-18,33H,5-8,14H2,(H,35,36). The fraction of sp³-hybridized carbons (Fsp3) is 0.286. The molecule has 5 nitrogen and oxygen atoms in total. The number of halogens is 4. The molecule has 0 saturated heterocycles. The summed E-state index contributed by atoms with van der Waals surface area (Å²) in [4.78, 5) is 20.1. The van der Waals surface area contributed by atoms with Crippen molar-refractivity contribution in [2.75, 3.05) is 6.54 Å². The molecule has 0 bridgehead atoms. The number of H-pyrrole nitrogens is 1. The summed E-state index contributed by atoms with van der Waals surface area (Å²) in [7, 11) is 0. The van der Waals surface area contributed by atoms with Crippen LogP contribution in [0.5, 0.6) is 5.75 Å². The normalized spacial score (nSPS) is 18.1. The minimum atomic E-state index is -4.84. The lowest BCUT2D eigenvalue weighted by Gasteiger charge is -2.29. The molecule has 0 aliphatic heterocycles. The number of nitrogens with zero attached hydrogens (tertiary/aromatic N) is 1. The Morgan fingerprint density at radius 1 is 1.03 bits per heavy atom. The molecule has 2 aromatic heterocycles. The summed E-state index contributed by atoms with van der Waals surface area (Å²) in [6, 6.07) is 12.3. The van der Waals surface area contributed by atoms with E-state index in [1.165, 1.54) is 42.7 Å². The number of amides is 1. The van der Waals surface area contributed by atoms with Crippen molar-refractivity contribution in [1.82, 2.24) is 15.3 Å². The van der Waals surface area contributed by atoms with Crippen LogP contribution in [0, 0.1) is 11.7 Å². The molecule has 0 radical (unpaired) electrons. The number of alkyl halides is 3. The van der Waals surface area contributed by atoms with Crippen LogP contribution in [0.4, 0.5) is 17.6 Å². The van der Waals surface area contributed by atoms with E-state index in [2.05, 4.69) is 20.0 Å². The Bertz CT molecular complexity index is 1410. The monoisotopic (exact) mass is 511 g/mol. The van der Waals surface area contributed by atoms with Gasteiger partial charge in [-0.05, 0) is 73.4 Å². The topological polar surface area (TPSA) is 67.0 Å². The van der Waals surface area contributed by atoms with E-state index < -0.39 is 6.36 Å². The highest BCUT2D eigenvalue weighted by Gasteiger charge is 2.33. The zero-order valence-corrected chi connectivity index (χ0v) is 19.8. The fourth-order valence-electron chi connectivity index (χ4n) is 5.18. The first-order valence-corrected chi connectivity index (χ1v) is 12.1. The highest BCUT2D eigenvalue weighted by atomic mass is 19.4. The van der Waals surface area contributed by atoms with Gasteiger partial charge in [0, 0.05) is 41.6 Å². The molecular weight excluding hydrogens is 486 g/mol. The molecule has 1 aliphatic carbocycles. The van der Waals surface area contributed by atoms with Crippen molar-refractivity contribution in [1.29, 1.82) is 0 Å². The number of rotatable bonds is 6.